The number of amides is 1. The number of anilines is 2. The topological polar surface area (TPSA) is 61.8 Å². The number of aromatic nitrogens is 2. The van der Waals surface area contributed by atoms with Crippen molar-refractivity contribution in [2.24, 2.45) is 0 Å². The first kappa shape index (κ1) is 18.3. The molecule has 0 unspecified atom stereocenters. The number of piperazine rings is 1. The predicted octanol–water partition coefficient (Wildman–Crippen LogP) is 1.92. The molecular formula is C18H22ClN5O2. The Balaban J connectivity index is 1.50. The van der Waals surface area contributed by atoms with Crippen molar-refractivity contribution in [3.8, 4) is 5.75 Å². The van der Waals surface area contributed by atoms with Crippen LogP contribution in [0, 0.1) is 0 Å². The number of carbonyl (C=O) groups is 1. The standard InChI is InChI=1S/C18H22ClN5O2/c1-22(2)15-11-17(21-20-12-15)23-7-9-24(10-8-23)18(25)13-26-16-5-3-14(19)4-6-16/h3-6,11-12H,7-10,13H2,1-2H3. The number of halogens is 1. The summed E-state index contributed by atoms with van der Waals surface area (Å²) in [6.07, 6.45) is 1.73. The Bertz CT molecular complexity index is 746. The largest absolute Gasteiger partial charge is 0.484 e. The summed E-state index contributed by atoms with van der Waals surface area (Å²) in [6.45, 7) is 2.74. The van der Waals surface area contributed by atoms with Gasteiger partial charge < -0.3 is 19.4 Å². The van der Waals surface area contributed by atoms with Gasteiger partial charge in [0.1, 0.15) is 5.75 Å². The van der Waals surface area contributed by atoms with Crippen LogP contribution >= 0.6 is 11.6 Å². The summed E-state index contributed by atoms with van der Waals surface area (Å²) >= 11 is 5.84. The van der Waals surface area contributed by atoms with Crippen molar-refractivity contribution in [1.82, 2.24) is 15.1 Å². The SMILES string of the molecule is CN(C)c1cnnc(N2CCN(C(=O)COc3ccc(Cl)cc3)CC2)c1. The lowest BCUT2D eigenvalue weighted by atomic mass is 10.3. The van der Waals surface area contributed by atoms with Gasteiger partial charge in [-0.25, -0.2) is 0 Å². The molecule has 0 N–H and O–H groups in total. The van der Waals surface area contributed by atoms with Crippen molar-refractivity contribution in [2.75, 3.05) is 56.7 Å². The Morgan fingerprint density at radius 1 is 1.19 bits per heavy atom. The molecule has 0 bridgehead atoms. The first-order valence-electron chi connectivity index (χ1n) is 8.44. The quantitative estimate of drug-likeness (QED) is 0.795. The van der Waals surface area contributed by atoms with E-state index >= 15 is 0 Å². The van der Waals surface area contributed by atoms with Gasteiger partial charge in [0, 0.05) is 51.4 Å². The first-order chi connectivity index (χ1) is 12.5. The lowest BCUT2D eigenvalue weighted by Crippen LogP contribution is -2.50. The lowest BCUT2D eigenvalue weighted by molar-refractivity contribution is -0.133. The second-order valence-electron chi connectivity index (χ2n) is 6.28. The monoisotopic (exact) mass is 375 g/mol. The number of hydrogen-bond acceptors (Lipinski definition) is 6. The molecule has 1 fully saturated rings. The van der Waals surface area contributed by atoms with Gasteiger partial charge in [-0.1, -0.05) is 11.6 Å². The number of benzene rings is 1. The van der Waals surface area contributed by atoms with Gasteiger partial charge >= 0.3 is 0 Å². The van der Waals surface area contributed by atoms with E-state index in [9.17, 15) is 4.79 Å². The van der Waals surface area contributed by atoms with Crippen LogP contribution in [0.5, 0.6) is 5.75 Å². The van der Waals surface area contributed by atoms with Gasteiger partial charge in [-0.2, -0.15) is 5.10 Å². The Labute approximate surface area is 158 Å². The molecule has 138 valence electrons. The fourth-order valence-electron chi connectivity index (χ4n) is 2.70. The second-order valence-corrected chi connectivity index (χ2v) is 6.71. The van der Waals surface area contributed by atoms with Crippen LogP contribution in [-0.2, 0) is 4.79 Å². The molecule has 1 aromatic heterocycles. The third-order valence-corrected chi connectivity index (χ3v) is 4.53. The van der Waals surface area contributed by atoms with Crippen molar-refractivity contribution >= 4 is 29.0 Å². The van der Waals surface area contributed by atoms with E-state index in [1.54, 1.807) is 30.5 Å². The molecule has 26 heavy (non-hydrogen) atoms. The third kappa shape index (κ3) is 4.54. The maximum atomic E-state index is 12.3. The van der Waals surface area contributed by atoms with Crippen molar-refractivity contribution in [3.63, 3.8) is 0 Å². The molecule has 0 saturated carbocycles. The molecule has 2 aromatic rings. The summed E-state index contributed by atoms with van der Waals surface area (Å²) in [6, 6.07) is 8.99. The Kier molecular flexibility index (Phi) is 5.78. The second kappa shape index (κ2) is 8.23. The van der Waals surface area contributed by atoms with E-state index in [1.807, 2.05) is 30.0 Å². The molecular weight excluding hydrogens is 354 g/mol. The highest BCUT2D eigenvalue weighted by Crippen LogP contribution is 2.19. The molecule has 2 heterocycles. The van der Waals surface area contributed by atoms with Crippen molar-refractivity contribution in [1.29, 1.82) is 0 Å². The Hall–Kier alpha value is -2.54. The van der Waals surface area contributed by atoms with Gasteiger partial charge in [0.25, 0.3) is 5.91 Å². The van der Waals surface area contributed by atoms with Crippen molar-refractivity contribution < 1.29 is 9.53 Å². The van der Waals surface area contributed by atoms with Crippen LogP contribution in [0.25, 0.3) is 0 Å². The first-order valence-corrected chi connectivity index (χ1v) is 8.82. The zero-order valence-corrected chi connectivity index (χ0v) is 15.7. The molecule has 1 amide bonds. The van der Waals surface area contributed by atoms with E-state index in [1.165, 1.54) is 0 Å². The minimum atomic E-state index is -0.0206. The zero-order valence-electron chi connectivity index (χ0n) is 14.9. The average Bonchev–Trinajstić information content (AvgIpc) is 2.67. The van der Waals surface area contributed by atoms with E-state index in [0.29, 0.717) is 23.9 Å². The molecule has 7 nitrogen and oxygen atoms in total. The minimum Gasteiger partial charge on any atom is -0.484 e. The smallest absolute Gasteiger partial charge is 0.260 e. The fraction of sp³-hybridized carbons (Fsp3) is 0.389. The van der Waals surface area contributed by atoms with Gasteiger partial charge in [0.05, 0.1) is 11.9 Å². The van der Waals surface area contributed by atoms with Crippen LogP contribution in [0.15, 0.2) is 36.5 Å². The summed E-state index contributed by atoms with van der Waals surface area (Å²) in [5.74, 6) is 1.45. The van der Waals surface area contributed by atoms with Crippen LogP contribution in [0.3, 0.4) is 0 Å². The molecule has 0 aliphatic carbocycles. The maximum Gasteiger partial charge on any atom is 0.260 e. The van der Waals surface area contributed by atoms with Crippen LogP contribution in [-0.4, -0.2) is 67.9 Å². The summed E-state index contributed by atoms with van der Waals surface area (Å²) in [7, 11) is 3.94. The molecule has 1 aliphatic rings. The minimum absolute atomic E-state index is 0.0206. The normalized spacial score (nSPS) is 14.3. The number of carbonyl (C=O) groups excluding carboxylic acids is 1. The molecule has 8 heteroatoms. The van der Waals surface area contributed by atoms with Crippen LogP contribution in [0.4, 0.5) is 11.5 Å². The zero-order chi connectivity index (χ0) is 18.5. The number of rotatable bonds is 5. The summed E-state index contributed by atoms with van der Waals surface area (Å²) in [4.78, 5) is 18.3. The molecule has 1 saturated heterocycles. The lowest BCUT2D eigenvalue weighted by Gasteiger charge is -2.35. The highest BCUT2D eigenvalue weighted by Gasteiger charge is 2.22. The van der Waals surface area contributed by atoms with Gasteiger partial charge in [-0.3, -0.25) is 4.79 Å². The maximum absolute atomic E-state index is 12.3. The van der Waals surface area contributed by atoms with Crippen LogP contribution < -0.4 is 14.5 Å². The summed E-state index contributed by atoms with van der Waals surface area (Å²) < 4.78 is 5.54. The van der Waals surface area contributed by atoms with Gasteiger partial charge in [0.2, 0.25) is 0 Å². The highest BCUT2D eigenvalue weighted by molar-refractivity contribution is 6.30. The Morgan fingerprint density at radius 3 is 2.54 bits per heavy atom. The van der Waals surface area contributed by atoms with Crippen LogP contribution in [0.1, 0.15) is 0 Å². The number of ether oxygens (including phenoxy) is 1. The predicted molar refractivity (Wildman–Crippen MR) is 102 cm³/mol. The van der Waals surface area contributed by atoms with Crippen LogP contribution in [0.2, 0.25) is 5.02 Å². The molecule has 3 rings (SSSR count). The highest BCUT2D eigenvalue weighted by atomic mass is 35.5. The Morgan fingerprint density at radius 2 is 1.88 bits per heavy atom. The van der Waals surface area contributed by atoms with Gasteiger partial charge in [-0.15, -0.1) is 5.10 Å². The summed E-state index contributed by atoms with van der Waals surface area (Å²) in [5.41, 5.74) is 1.00. The van der Waals surface area contributed by atoms with E-state index in [2.05, 4.69) is 15.1 Å². The molecule has 0 spiro atoms. The number of hydrogen-bond donors (Lipinski definition) is 0. The van der Waals surface area contributed by atoms with E-state index < -0.39 is 0 Å². The van der Waals surface area contributed by atoms with E-state index in [0.717, 1.165) is 24.6 Å². The van der Waals surface area contributed by atoms with Crippen molar-refractivity contribution in [2.45, 2.75) is 0 Å². The fourth-order valence-corrected chi connectivity index (χ4v) is 2.82. The van der Waals surface area contributed by atoms with Gasteiger partial charge in [0.15, 0.2) is 12.4 Å². The molecule has 0 atom stereocenters. The molecule has 1 aliphatic heterocycles. The van der Waals surface area contributed by atoms with E-state index in [-0.39, 0.29) is 12.5 Å². The van der Waals surface area contributed by atoms with Crippen molar-refractivity contribution in [3.05, 3.63) is 41.6 Å². The van der Waals surface area contributed by atoms with Gasteiger partial charge in [-0.05, 0) is 24.3 Å². The molecule has 0 radical (unpaired) electrons. The van der Waals surface area contributed by atoms with E-state index in [4.69, 9.17) is 16.3 Å². The summed E-state index contributed by atoms with van der Waals surface area (Å²) in [5, 5.41) is 8.91. The molecule has 1 aromatic carbocycles. The third-order valence-electron chi connectivity index (χ3n) is 4.28. The average molecular weight is 376 g/mol. The number of nitrogens with zero attached hydrogens (tertiary/aromatic N) is 5.